The molecule has 2 aliphatic rings. The molecule has 3 aromatic carbocycles. The van der Waals surface area contributed by atoms with Crippen molar-refractivity contribution in [2.24, 2.45) is 0 Å². The lowest BCUT2D eigenvalue weighted by Gasteiger charge is -2.30. The first kappa shape index (κ1) is 40.7. The van der Waals surface area contributed by atoms with Crippen LogP contribution < -0.4 is 10.6 Å². The molecule has 1 aliphatic heterocycles. The third-order valence-electron chi connectivity index (χ3n) is 10.5. The Labute approximate surface area is 331 Å². The maximum atomic E-state index is 13.9. The van der Waals surface area contributed by atoms with Crippen LogP contribution in [0.15, 0.2) is 72.8 Å². The average molecular weight is 783 g/mol. The molecule has 1 aliphatic carbocycles. The Morgan fingerprint density at radius 1 is 0.857 bits per heavy atom. The van der Waals surface area contributed by atoms with Crippen LogP contribution in [0.4, 0.5) is 10.7 Å². The van der Waals surface area contributed by atoms with Crippen LogP contribution in [0, 0.1) is 0 Å². The lowest BCUT2D eigenvalue weighted by molar-refractivity contribution is -0.140. The fourth-order valence-electron chi connectivity index (χ4n) is 7.22. The highest BCUT2D eigenvalue weighted by Crippen LogP contribution is 2.39. The van der Waals surface area contributed by atoms with Crippen molar-refractivity contribution in [2.75, 3.05) is 44.0 Å². The van der Waals surface area contributed by atoms with Gasteiger partial charge >= 0.3 is 5.97 Å². The minimum atomic E-state index is -1.48. The summed E-state index contributed by atoms with van der Waals surface area (Å²) < 4.78 is 5.67. The highest BCUT2D eigenvalue weighted by Gasteiger charge is 2.28. The second-order valence-electron chi connectivity index (χ2n) is 14.5. The van der Waals surface area contributed by atoms with Gasteiger partial charge in [0.05, 0.1) is 18.6 Å². The van der Waals surface area contributed by atoms with Crippen molar-refractivity contribution in [1.82, 2.24) is 9.80 Å². The molecule has 2 heterocycles. The van der Waals surface area contributed by atoms with Gasteiger partial charge in [0.1, 0.15) is 5.00 Å². The van der Waals surface area contributed by atoms with Gasteiger partial charge < -0.3 is 35.6 Å². The van der Waals surface area contributed by atoms with Crippen LogP contribution in [0.1, 0.15) is 91.8 Å². The summed E-state index contributed by atoms with van der Waals surface area (Å²) in [6.07, 6.45) is 4.34. The van der Waals surface area contributed by atoms with Crippen LogP contribution in [-0.4, -0.2) is 88.2 Å². The van der Waals surface area contributed by atoms with Gasteiger partial charge in [-0.05, 0) is 91.5 Å². The van der Waals surface area contributed by atoms with Crippen molar-refractivity contribution in [3.05, 3.63) is 117 Å². The Balaban J connectivity index is 1.10. The van der Waals surface area contributed by atoms with Gasteiger partial charge in [0.2, 0.25) is 5.91 Å². The molecule has 4 aromatic rings. The van der Waals surface area contributed by atoms with E-state index in [0.717, 1.165) is 72.1 Å². The number of nitrogens with zero attached hydrogens (tertiary/aromatic N) is 2. The molecule has 1 fully saturated rings. The number of aryl methyl sites for hydroxylation is 3. The number of rotatable bonds is 17. The molecule has 0 unspecified atom stereocenters. The predicted molar refractivity (Wildman–Crippen MR) is 215 cm³/mol. The van der Waals surface area contributed by atoms with E-state index in [1.807, 2.05) is 54.6 Å². The molecule has 12 nitrogen and oxygen atoms in total. The van der Waals surface area contributed by atoms with E-state index >= 15 is 0 Å². The van der Waals surface area contributed by atoms with Crippen molar-refractivity contribution in [3.63, 3.8) is 0 Å². The summed E-state index contributed by atoms with van der Waals surface area (Å²) in [6, 6.07) is 22.5. The van der Waals surface area contributed by atoms with E-state index in [9.17, 15) is 29.4 Å². The van der Waals surface area contributed by atoms with E-state index < -0.39 is 12.3 Å². The second kappa shape index (κ2) is 19.3. The van der Waals surface area contributed by atoms with Crippen LogP contribution >= 0.6 is 11.3 Å². The molecule has 3 amide bonds. The van der Waals surface area contributed by atoms with Crippen molar-refractivity contribution in [2.45, 2.75) is 76.7 Å². The number of thiophene rings is 1. The molecule has 0 spiro atoms. The molecule has 6 rings (SSSR count). The summed E-state index contributed by atoms with van der Waals surface area (Å²) >= 11 is 1.47. The number of ether oxygens (including phenoxy) is 1. The predicted octanol–water partition coefficient (Wildman–Crippen LogP) is 5.81. The summed E-state index contributed by atoms with van der Waals surface area (Å²) in [4.78, 5) is 56.1. The number of carboxylic acids is 1. The number of carbonyl (C=O) groups excluding carboxylic acids is 3. The fourth-order valence-corrected chi connectivity index (χ4v) is 8.50. The lowest BCUT2D eigenvalue weighted by Crippen LogP contribution is -2.41. The zero-order valence-corrected chi connectivity index (χ0v) is 32.5. The summed E-state index contributed by atoms with van der Waals surface area (Å²) in [5.74, 6) is -1.77. The van der Waals surface area contributed by atoms with E-state index in [-0.39, 0.29) is 36.6 Å². The Hall–Kier alpha value is -4.92. The molecular formula is C43H50N4O8S. The topological polar surface area (TPSA) is 169 Å². The molecule has 1 saturated heterocycles. The summed E-state index contributed by atoms with van der Waals surface area (Å²) in [5.41, 5.74) is 6.22. The SMILES string of the molecule is CN(CCN(Cc1cccc(C(=O)Nc2sc3c(c2C(=O)Nc2ccc(CCc4ccc(C(O)O)cc4)cc2)CCCC3)c1)[C@@H]1CCOC1)C(=O)CCC(=O)O. The Bertz CT molecular complexity index is 1990. The third-order valence-corrected chi connectivity index (χ3v) is 11.7. The first-order valence-corrected chi connectivity index (χ1v) is 20.0. The Morgan fingerprint density at radius 2 is 1.57 bits per heavy atom. The normalized spacial score (nSPS) is 15.1. The van der Waals surface area contributed by atoms with E-state index in [2.05, 4.69) is 15.5 Å². The van der Waals surface area contributed by atoms with Crippen LogP contribution in [-0.2, 0) is 46.6 Å². The smallest absolute Gasteiger partial charge is 0.303 e. The average Bonchev–Trinajstić information content (AvgIpc) is 3.87. The number of hydrogen-bond acceptors (Lipinski definition) is 9. The number of benzene rings is 3. The molecule has 0 radical (unpaired) electrons. The van der Waals surface area contributed by atoms with Gasteiger partial charge in [0.25, 0.3) is 11.8 Å². The van der Waals surface area contributed by atoms with E-state index in [1.54, 1.807) is 30.1 Å². The van der Waals surface area contributed by atoms with Crippen LogP contribution in [0.3, 0.4) is 0 Å². The van der Waals surface area contributed by atoms with Crippen LogP contribution in [0.5, 0.6) is 0 Å². The largest absolute Gasteiger partial charge is 0.481 e. The maximum absolute atomic E-state index is 13.9. The Kier molecular flexibility index (Phi) is 14.0. The number of aliphatic carboxylic acids is 1. The summed E-state index contributed by atoms with van der Waals surface area (Å²) in [5, 5.41) is 34.3. The molecule has 0 bridgehead atoms. The number of nitrogens with one attached hydrogen (secondary N) is 2. The zero-order valence-electron chi connectivity index (χ0n) is 31.7. The van der Waals surface area contributed by atoms with Gasteiger partial charge in [-0.2, -0.15) is 0 Å². The number of likely N-dealkylation sites (N-methyl/N-ethyl adjacent to an activating group) is 1. The fraction of sp³-hybridized carbons (Fsp3) is 0.395. The first-order chi connectivity index (χ1) is 27.0. The van der Waals surface area contributed by atoms with Gasteiger partial charge in [-0.1, -0.05) is 48.5 Å². The number of aliphatic hydroxyl groups is 2. The van der Waals surface area contributed by atoms with Crippen LogP contribution in [0.25, 0.3) is 0 Å². The quantitative estimate of drug-likeness (QED) is 0.0830. The monoisotopic (exact) mass is 782 g/mol. The number of amides is 3. The van der Waals surface area contributed by atoms with Gasteiger partial charge in [-0.3, -0.25) is 24.1 Å². The summed E-state index contributed by atoms with van der Waals surface area (Å²) in [6.45, 7) is 2.76. The molecule has 1 atom stereocenters. The van der Waals surface area contributed by atoms with E-state index in [4.69, 9.17) is 9.84 Å². The number of carbonyl (C=O) groups is 4. The second-order valence-corrected chi connectivity index (χ2v) is 15.6. The minimum absolute atomic E-state index is 0.0437. The molecule has 56 heavy (non-hydrogen) atoms. The van der Waals surface area contributed by atoms with Crippen molar-refractivity contribution in [1.29, 1.82) is 0 Å². The molecule has 296 valence electrons. The number of fused-ring (bicyclic) bond motifs is 1. The zero-order chi connectivity index (χ0) is 39.6. The highest BCUT2D eigenvalue weighted by molar-refractivity contribution is 7.17. The Morgan fingerprint density at radius 3 is 2.25 bits per heavy atom. The molecular weight excluding hydrogens is 733 g/mol. The highest BCUT2D eigenvalue weighted by atomic mass is 32.1. The van der Waals surface area contributed by atoms with E-state index in [0.29, 0.717) is 60.2 Å². The van der Waals surface area contributed by atoms with Crippen molar-refractivity contribution >= 4 is 45.7 Å². The maximum Gasteiger partial charge on any atom is 0.303 e. The van der Waals surface area contributed by atoms with Gasteiger partial charge in [-0.15, -0.1) is 11.3 Å². The lowest BCUT2D eigenvalue weighted by atomic mass is 9.95. The molecule has 0 saturated carbocycles. The molecule has 1 aromatic heterocycles. The third kappa shape index (κ3) is 10.9. The van der Waals surface area contributed by atoms with Crippen LogP contribution in [0.2, 0.25) is 0 Å². The standard InChI is InChI=1S/C43H50N4O8S/c1-46(37(48)19-20-38(49)50)22-23-47(34-21-24-55-27-34)26-30-5-4-6-32(25-30)40(51)45-42-39(35-7-2-3-8-36(35)56-42)41(52)44-33-17-13-29(14-18-33)10-9-28-11-15-31(16-12-28)43(53)54/h4-6,11-18,25,34,43,53-54H,2-3,7-10,19-24,26-27H2,1H3,(H,44,52)(H,45,51)(H,49,50)/t34-/m1/s1. The van der Waals surface area contributed by atoms with Gasteiger partial charge in [0, 0.05) is 67.4 Å². The minimum Gasteiger partial charge on any atom is -0.481 e. The number of carboxylic acid groups (broad SMARTS) is 1. The van der Waals surface area contributed by atoms with Gasteiger partial charge in [-0.25, -0.2) is 0 Å². The first-order valence-electron chi connectivity index (χ1n) is 19.2. The number of aliphatic hydroxyl groups excluding tert-OH is 1. The number of anilines is 2. The number of hydrogen-bond donors (Lipinski definition) is 5. The molecule has 5 N–H and O–H groups in total. The molecule has 13 heteroatoms. The van der Waals surface area contributed by atoms with E-state index in [1.165, 1.54) is 11.3 Å². The summed E-state index contributed by atoms with van der Waals surface area (Å²) in [7, 11) is 1.68. The van der Waals surface area contributed by atoms with Gasteiger partial charge in [0.15, 0.2) is 6.29 Å². The van der Waals surface area contributed by atoms with Crippen molar-refractivity contribution < 1.29 is 39.2 Å². The van der Waals surface area contributed by atoms with Crippen molar-refractivity contribution in [3.8, 4) is 0 Å².